The van der Waals surface area contributed by atoms with E-state index in [4.69, 9.17) is 8.54 Å². The average Bonchev–Trinajstić information content (AvgIpc) is 1.78. The Morgan fingerprint density at radius 1 is 1.00 bits per heavy atom. The first-order valence-electron chi connectivity index (χ1n) is 4.77. The lowest BCUT2D eigenvalue weighted by atomic mass is 10.3. The van der Waals surface area contributed by atoms with Gasteiger partial charge in [-0.2, -0.15) is 0 Å². The van der Waals surface area contributed by atoms with Gasteiger partial charge in [-0.15, -0.1) is 0 Å². The molecule has 0 spiro atoms. The minimum atomic E-state index is -2.06. The number of rotatable bonds is 5. The standard InChI is InChI=1S/C10H22O2Si2/c1-9(2)10(3)11-14(7,8)12-13(4,5)6/h1,3H2,2,4-8H3. The molecular formula is C10H22O2Si2. The van der Waals surface area contributed by atoms with Crippen molar-refractivity contribution in [2.24, 2.45) is 0 Å². The third kappa shape index (κ3) is 6.18. The molecular weight excluding hydrogens is 208 g/mol. The van der Waals surface area contributed by atoms with Crippen LogP contribution < -0.4 is 0 Å². The van der Waals surface area contributed by atoms with Crippen LogP contribution in [0.2, 0.25) is 32.7 Å². The van der Waals surface area contributed by atoms with E-state index in [9.17, 15) is 0 Å². The average molecular weight is 230 g/mol. The molecule has 4 heteroatoms. The van der Waals surface area contributed by atoms with Gasteiger partial charge >= 0.3 is 8.56 Å². The summed E-state index contributed by atoms with van der Waals surface area (Å²) in [4.78, 5) is 0. The van der Waals surface area contributed by atoms with Gasteiger partial charge in [-0.05, 0) is 45.2 Å². The van der Waals surface area contributed by atoms with Crippen molar-refractivity contribution in [2.75, 3.05) is 0 Å². The molecule has 0 aliphatic carbocycles. The van der Waals surface area contributed by atoms with E-state index in [1.165, 1.54) is 0 Å². The van der Waals surface area contributed by atoms with Crippen LogP contribution in [0.25, 0.3) is 0 Å². The van der Waals surface area contributed by atoms with E-state index in [-0.39, 0.29) is 0 Å². The highest BCUT2D eigenvalue weighted by atomic mass is 28.4. The van der Waals surface area contributed by atoms with Gasteiger partial charge in [0.25, 0.3) is 0 Å². The lowest BCUT2D eigenvalue weighted by Gasteiger charge is -2.31. The van der Waals surface area contributed by atoms with E-state index >= 15 is 0 Å². The Bertz CT molecular complexity index is 239. The number of allylic oxidation sites excluding steroid dienone is 1. The summed E-state index contributed by atoms with van der Waals surface area (Å²) in [6.07, 6.45) is 0. The van der Waals surface area contributed by atoms with Crippen LogP contribution in [-0.4, -0.2) is 16.9 Å². The number of hydrogen-bond acceptors (Lipinski definition) is 2. The highest BCUT2D eigenvalue weighted by molar-refractivity contribution is 6.81. The van der Waals surface area contributed by atoms with E-state index in [2.05, 4.69) is 32.8 Å². The van der Waals surface area contributed by atoms with Crippen molar-refractivity contribution in [3.05, 3.63) is 24.5 Å². The van der Waals surface area contributed by atoms with Gasteiger partial charge in [0.15, 0.2) is 8.32 Å². The van der Waals surface area contributed by atoms with Crippen molar-refractivity contribution in [1.82, 2.24) is 0 Å². The fourth-order valence-electron chi connectivity index (χ4n) is 1.14. The summed E-state index contributed by atoms with van der Waals surface area (Å²) in [7, 11) is -3.59. The topological polar surface area (TPSA) is 18.5 Å². The van der Waals surface area contributed by atoms with Crippen molar-refractivity contribution >= 4 is 16.9 Å². The van der Waals surface area contributed by atoms with Crippen molar-refractivity contribution in [2.45, 2.75) is 39.7 Å². The molecule has 0 saturated heterocycles. The van der Waals surface area contributed by atoms with Gasteiger partial charge < -0.3 is 8.54 Å². The van der Waals surface area contributed by atoms with Crippen molar-refractivity contribution < 1.29 is 8.54 Å². The molecule has 2 nitrogen and oxygen atoms in total. The number of hydrogen-bond donors (Lipinski definition) is 0. The summed E-state index contributed by atoms with van der Waals surface area (Å²) >= 11 is 0. The lowest BCUT2D eigenvalue weighted by molar-refractivity contribution is 0.329. The Balaban J connectivity index is 4.35. The summed E-state index contributed by atoms with van der Waals surface area (Å²) in [5.74, 6) is 0.653. The second kappa shape index (κ2) is 4.46. The minimum absolute atomic E-state index is 0.653. The maximum atomic E-state index is 6.00. The third-order valence-electron chi connectivity index (χ3n) is 1.40. The summed E-state index contributed by atoms with van der Waals surface area (Å²) in [5.41, 5.74) is 0.866. The molecule has 0 aliphatic heterocycles. The first-order valence-corrected chi connectivity index (χ1v) is 11.0. The Kier molecular flexibility index (Phi) is 4.36. The molecule has 0 aliphatic rings. The van der Waals surface area contributed by atoms with Gasteiger partial charge in [-0.25, -0.2) is 0 Å². The molecule has 0 heterocycles. The Hall–Kier alpha value is -0.326. The third-order valence-corrected chi connectivity index (χ3v) is 6.55. The predicted molar refractivity (Wildman–Crippen MR) is 67.0 cm³/mol. The minimum Gasteiger partial charge on any atom is -0.521 e. The van der Waals surface area contributed by atoms with Crippen LogP contribution in [0, 0.1) is 0 Å². The summed E-state index contributed by atoms with van der Waals surface area (Å²) < 4.78 is 11.7. The molecule has 0 aromatic carbocycles. The summed E-state index contributed by atoms with van der Waals surface area (Å²) in [5, 5.41) is 0. The molecule has 0 atom stereocenters. The van der Waals surface area contributed by atoms with Gasteiger partial charge in [-0.1, -0.05) is 13.2 Å². The van der Waals surface area contributed by atoms with Crippen LogP contribution in [0.1, 0.15) is 6.92 Å². The highest BCUT2D eigenvalue weighted by Gasteiger charge is 2.33. The maximum Gasteiger partial charge on any atom is 0.382 e. The Morgan fingerprint density at radius 2 is 1.43 bits per heavy atom. The summed E-state index contributed by atoms with van der Waals surface area (Å²) in [6, 6.07) is 0. The first kappa shape index (κ1) is 13.7. The molecule has 0 fully saturated rings. The molecule has 0 rings (SSSR count). The molecule has 0 aromatic rings. The normalized spacial score (nSPS) is 12.4. The zero-order valence-electron chi connectivity index (χ0n) is 10.2. The van der Waals surface area contributed by atoms with Crippen molar-refractivity contribution in [3.63, 3.8) is 0 Å². The fraction of sp³-hybridized carbons (Fsp3) is 0.600. The van der Waals surface area contributed by atoms with E-state index in [0.29, 0.717) is 5.76 Å². The fourth-order valence-corrected chi connectivity index (χ4v) is 7.98. The lowest BCUT2D eigenvalue weighted by Crippen LogP contribution is -2.44. The van der Waals surface area contributed by atoms with Crippen LogP contribution in [0.4, 0.5) is 0 Å². The van der Waals surface area contributed by atoms with Gasteiger partial charge in [0.05, 0.1) is 5.76 Å². The molecule has 0 bridgehead atoms. The first-order chi connectivity index (χ1) is 6.03. The van der Waals surface area contributed by atoms with Crippen molar-refractivity contribution in [1.29, 1.82) is 0 Å². The second-order valence-electron chi connectivity index (χ2n) is 4.92. The second-order valence-corrected chi connectivity index (χ2v) is 13.0. The molecule has 14 heavy (non-hydrogen) atoms. The Labute approximate surface area is 90.0 Å². The largest absolute Gasteiger partial charge is 0.521 e. The van der Waals surface area contributed by atoms with E-state index in [0.717, 1.165) is 5.57 Å². The monoisotopic (exact) mass is 230 g/mol. The quantitative estimate of drug-likeness (QED) is 0.408. The van der Waals surface area contributed by atoms with E-state index in [1.54, 1.807) is 0 Å². The molecule has 0 amide bonds. The van der Waals surface area contributed by atoms with Gasteiger partial charge in [0.2, 0.25) is 0 Å². The molecule has 0 N–H and O–H groups in total. The van der Waals surface area contributed by atoms with Crippen LogP contribution in [0.15, 0.2) is 24.5 Å². The van der Waals surface area contributed by atoms with E-state index < -0.39 is 16.9 Å². The zero-order chi connectivity index (χ0) is 11.6. The summed E-state index contributed by atoms with van der Waals surface area (Å²) in [6.45, 7) is 20.1. The molecule has 0 aromatic heterocycles. The van der Waals surface area contributed by atoms with Crippen LogP contribution >= 0.6 is 0 Å². The van der Waals surface area contributed by atoms with Gasteiger partial charge in [0, 0.05) is 0 Å². The zero-order valence-corrected chi connectivity index (χ0v) is 12.2. The molecule has 0 radical (unpaired) electrons. The Morgan fingerprint density at radius 3 is 1.71 bits per heavy atom. The van der Waals surface area contributed by atoms with Gasteiger partial charge in [-0.3, -0.25) is 0 Å². The van der Waals surface area contributed by atoms with E-state index in [1.807, 2.05) is 20.0 Å². The van der Waals surface area contributed by atoms with Crippen LogP contribution in [0.3, 0.4) is 0 Å². The maximum absolute atomic E-state index is 6.00. The molecule has 82 valence electrons. The smallest absolute Gasteiger partial charge is 0.382 e. The van der Waals surface area contributed by atoms with Crippen LogP contribution in [0.5, 0.6) is 0 Å². The molecule has 0 unspecified atom stereocenters. The molecule has 0 saturated carbocycles. The van der Waals surface area contributed by atoms with Crippen LogP contribution in [-0.2, 0) is 8.54 Å². The van der Waals surface area contributed by atoms with Gasteiger partial charge in [0.1, 0.15) is 0 Å². The van der Waals surface area contributed by atoms with Crippen molar-refractivity contribution in [3.8, 4) is 0 Å². The highest BCUT2D eigenvalue weighted by Crippen LogP contribution is 2.20. The predicted octanol–water partition coefficient (Wildman–Crippen LogP) is 3.65. The SMILES string of the molecule is C=C(C)C(=C)O[Si](C)(C)O[Si](C)(C)C.